The molecule has 232 valence electrons. The van der Waals surface area contributed by atoms with Gasteiger partial charge in [-0.25, -0.2) is 4.39 Å². The number of nitrogens with zero attached hydrogens (tertiary/aromatic N) is 4. The molecule has 0 atom stereocenters. The van der Waals surface area contributed by atoms with E-state index >= 15 is 0 Å². The summed E-state index contributed by atoms with van der Waals surface area (Å²) < 4.78 is 28.9. The molecule has 6 nitrogen and oxygen atoms in total. The summed E-state index contributed by atoms with van der Waals surface area (Å²) in [6, 6.07) is 35.4. The van der Waals surface area contributed by atoms with Gasteiger partial charge < -0.3 is 14.4 Å². The minimum absolute atomic E-state index is 0.271. The Kier molecular flexibility index (Phi) is 8.57. The van der Waals surface area contributed by atoms with E-state index in [1.54, 1.807) is 12.1 Å². The van der Waals surface area contributed by atoms with E-state index in [0.29, 0.717) is 41.6 Å². The normalized spacial score (nSPS) is 13.7. The molecular weight excluding hydrogens is 599 g/mol. The number of piperidine rings is 1. The molecule has 0 N–H and O–H groups in total. The monoisotopic (exact) mass is 632 g/mol. The predicted molar refractivity (Wildman–Crippen MR) is 181 cm³/mol. The third kappa shape index (κ3) is 6.42. The van der Waals surface area contributed by atoms with Gasteiger partial charge in [0.15, 0.2) is 0 Å². The molecule has 2 aromatic heterocycles. The maximum absolute atomic E-state index is 14.6. The van der Waals surface area contributed by atoms with E-state index in [1.807, 2.05) is 84.5 Å². The molecule has 0 bridgehead atoms. The summed E-state index contributed by atoms with van der Waals surface area (Å²) in [7, 11) is 1.97. The van der Waals surface area contributed by atoms with Crippen molar-refractivity contribution in [3.05, 3.63) is 137 Å². The largest absolute Gasteiger partial charge is 0.473 e. The fourth-order valence-electron chi connectivity index (χ4n) is 6.17. The number of fused-ring (bicyclic) bond motifs is 1. The predicted octanol–water partition coefficient (Wildman–Crippen LogP) is 8.97. The van der Waals surface area contributed by atoms with Crippen LogP contribution in [-0.2, 0) is 20.3 Å². The zero-order valence-electron chi connectivity index (χ0n) is 25.6. The van der Waals surface area contributed by atoms with Gasteiger partial charge in [0.05, 0.1) is 16.8 Å². The molecule has 4 aromatic carbocycles. The fraction of sp³-hybridized carbons (Fsp3) is 0.211. The number of rotatable bonds is 9. The second-order valence-corrected chi connectivity index (χ2v) is 12.1. The molecule has 1 aliphatic rings. The van der Waals surface area contributed by atoms with Crippen molar-refractivity contribution in [2.45, 2.75) is 32.0 Å². The number of halogens is 2. The van der Waals surface area contributed by atoms with Crippen molar-refractivity contribution >= 4 is 28.2 Å². The molecule has 3 heterocycles. The number of ether oxygens (including phenoxy) is 2. The van der Waals surface area contributed by atoms with Crippen molar-refractivity contribution in [2.75, 3.05) is 18.0 Å². The number of hydrogen-bond acceptors (Lipinski definition) is 5. The fourth-order valence-corrected chi connectivity index (χ4v) is 6.33. The Hall–Kier alpha value is -4.88. The van der Waals surface area contributed by atoms with Crippen LogP contribution in [0.4, 0.5) is 10.1 Å². The van der Waals surface area contributed by atoms with Crippen LogP contribution in [0.25, 0.3) is 22.2 Å². The molecule has 7 rings (SSSR count). The smallest absolute Gasteiger partial charge is 0.226 e. The molecule has 0 unspecified atom stereocenters. The van der Waals surface area contributed by atoms with Gasteiger partial charge in [-0.1, -0.05) is 84.4 Å². The van der Waals surface area contributed by atoms with E-state index in [1.165, 1.54) is 11.6 Å². The molecule has 46 heavy (non-hydrogen) atoms. The van der Waals surface area contributed by atoms with Crippen LogP contribution in [0.5, 0.6) is 11.8 Å². The summed E-state index contributed by atoms with van der Waals surface area (Å²) in [6.07, 6.45) is 1.87. The lowest BCUT2D eigenvalue weighted by atomic mass is 9.88. The number of aromatic nitrogens is 3. The topological polar surface area (TPSA) is 52.4 Å². The summed E-state index contributed by atoms with van der Waals surface area (Å²) in [5.74, 6) is 1.07. The van der Waals surface area contributed by atoms with E-state index in [2.05, 4.69) is 23.1 Å². The van der Waals surface area contributed by atoms with Gasteiger partial charge in [-0.2, -0.15) is 10.1 Å². The van der Waals surface area contributed by atoms with E-state index in [9.17, 15) is 4.39 Å². The lowest BCUT2D eigenvalue weighted by molar-refractivity contribution is 0.268. The van der Waals surface area contributed by atoms with Crippen molar-refractivity contribution in [3.63, 3.8) is 0 Å². The second-order valence-electron chi connectivity index (χ2n) is 11.7. The Morgan fingerprint density at radius 1 is 0.804 bits per heavy atom. The van der Waals surface area contributed by atoms with Crippen LogP contribution in [-0.4, -0.2) is 27.9 Å². The van der Waals surface area contributed by atoms with Gasteiger partial charge >= 0.3 is 0 Å². The van der Waals surface area contributed by atoms with Gasteiger partial charge in [0.2, 0.25) is 11.8 Å². The number of anilines is 1. The summed E-state index contributed by atoms with van der Waals surface area (Å²) >= 11 is 5.97. The van der Waals surface area contributed by atoms with Crippen molar-refractivity contribution in [2.24, 2.45) is 7.05 Å². The molecule has 0 saturated carbocycles. The molecule has 0 aliphatic carbocycles. The highest BCUT2D eigenvalue weighted by molar-refractivity contribution is 6.30. The van der Waals surface area contributed by atoms with Crippen molar-refractivity contribution < 1.29 is 13.9 Å². The van der Waals surface area contributed by atoms with Crippen LogP contribution in [0.15, 0.2) is 109 Å². The minimum Gasteiger partial charge on any atom is -0.473 e. The van der Waals surface area contributed by atoms with Gasteiger partial charge in [-0.05, 0) is 65.8 Å². The molecular formula is C38H34ClFN4O2. The average Bonchev–Trinajstić information content (AvgIpc) is 3.42. The van der Waals surface area contributed by atoms with Crippen LogP contribution in [0.2, 0.25) is 5.02 Å². The van der Waals surface area contributed by atoms with Crippen LogP contribution in [0.3, 0.4) is 0 Å². The average molecular weight is 633 g/mol. The first-order valence-corrected chi connectivity index (χ1v) is 15.9. The first kappa shape index (κ1) is 29.8. The van der Waals surface area contributed by atoms with Crippen LogP contribution < -0.4 is 14.4 Å². The summed E-state index contributed by atoms with van der Waals surface area (Å²) in [5, 5.41) is 6.39. The Balaban J connectivity index is 1.14. The number of pyridine rings is 1. The van der Waals surface area contributed by atoms with E-state index in [0.717, 1.165) is 59.2 Å². The van der Waals surface area contributed by atoms with Gasteiger partial charge in [-0.15, -0.1) is 0 Å². The van der Waals surface area contributed by atoms with Gasteiger partial charge in [0.25, 0.3) is 0 Å². The Morgan fingerprint density at radius 3 is 2.20 bits per heavy atom. The Bertz CT molecular complexity index is 1960. The zero-order valence-corrected chi connectivity index (χ0v) is 26.3. The third-order valence-corrected chi connectivity index (χ3v) is 8.87. The summed E-state index contributed by atoms with van der Waals surface area (Å²) in [5.41, 5.74) is 6.64. The molecule has 1 saturated heterocycles. The highest BCUT2D eigenvalue weighted by Crippen LogP contribution is 2.38. The molecule has 6 aromatic rings. The van der Waals surface area contributed by atoms with Crippen LogP contribution in [0.1, 0.15) is 35.4 Å². The Labute approximate surface area is 273 Å². The maximum Gasteiger partial charge on any atom is 0.226 e. The SMILES string of the molecule is Cn1nc(-c2ccc(OCc3ccccc3)nc2OCc2ccccc2)c2ccc(C3CCN(c4ccc(Cl)cc4F)CC3)cc21. The zero-order chi connectivity index (χ0) is 31.5. The summed E-state index contributed by atoms with van der Waals surface area (Å²) in [6.45, 7) is 2.35. The molecule has 1 aliphatic heterocycles. The molecule has 0 amide bonds. The highest BCUT2D eigenvalue weighted by atomic mass is 35.5. The van der Waals surface area contributed by atoms with E-state index in [-0.39, 0.29) is 5.82 Å². The maximum atomic E-state index is 14.6. The number of hydrogen-bond donors (Lipinski definition) is 0. The first-order valence-electron chi connectivity index (χ1n) is 15.5. The second kappa shape index (κ2) is 13.2. The lowest BCUT2D eigenvalue weighted by Gasteiger charge is -2.34. The van der Waals surface area contributed by atoms with E-state index < -0.39 is 0 Å². The van der Waals surface area contributed by atoms with E-state index in [4.69, 9.17) is 31.2 Å². The lowest BCUT2D eigenvalue weighted by Crippen LogP contribution is -2.33. The molecule has 8 heteroatoms. The van der Waals surface area contributed by atoms with Gasteiger partial charge in [0.1, 0.15) is 24.7 Å². The quantitative estimate of drug-likeness (QED) is 0.159. The third-order valence-electron chi connectivity index (χ3n) is 8.63. The van der Waals surface area contributed by atoms with Gasteiger partial charge in [-0.3, -0.25) is 4.68 Å². The highest BCUT2D eigenvalue weighted by Gasteiger charge is 2.24. The number of aryl methyl sites for hydroxylation is 1. The number of benzene rings is 4. The molecule has 1 fully saturated rings. The van der Waals surface area contributed by atoms with Gasteiger partial charge in [0, 0.05) is 36.6 Å². The van der Waals surface area contributed by atoms with Crippen molar-refractivity contribution in [3.8, 4) is 23.0 Å². The van der Waals surface area contributed by atoms with Crippen molar-refractivity contribution in [1.82, 2.24) is 14.8 Å². The summed E-state index contributed by atoms with van der Waals surface area (Å²) in [4.78, 5) is 6.91. The molecule has 0 radical (unpaired) electrons. The molecule has 0 spiro atoms. The first-order chi connectivity index (χ1) is 22.5. The minimum atomic E-state index is -0.271. The standard InChI is InChI=1S/C38H34ClFN4O2/c1-43-35-22-29(28-18-20-44(21-19-28)34-16-13-30(39)23-33(34)40)12-14-31(35)37(42-43)32-15-17-36(45-24-26-8-4-2-5-9-26)41-38(32)46-25-27-10-6-3-7-11-27/h2-17,22-23,28H,18-21,24-25H2,1H3. The van der Waals surface area contributed by atoms with Crippen molar-refractivity contribution in [1.29, 1.82) is 0 Å². The Morgan fingerprint density at radius 2 is 1.50 bits per heavy atom. The van der Waals surface area contributed by atoms with Crippen LogP contribution in [0, 0.1) is 5.82 Å². The van der Waals surface area contributed by atoms with Crippen LogP contribution >= 0.6 is 11.6 Å².